The van der Waals surface area contributed by atoms with E-state index in [0.29, 0.717) is 16.7 Å². The summed E-state index contributed by atoms with van der Waals surface area (Å²) in [5.74, 6) is -1.26. The van der Waals surface area contributed by atoms with Gasteiger partial charge in [-0.05, 0) is 30.3 Å². The van der Waals surface area contributed by atoms with Crippen molar-refractivity contribution in [2.24, 2.45) is 12.8 Å². The largest absolute Gasteiger partial charge is 0.487 e. The zero-order valence-electron chi connectivity index (χ0n) is 16.3. The lowest BCUT2D eigenvalue weighted by atomic mass is 9.95. The Morgan fingerprint density at radius 1 is 1.33 bits per heavy atom. The van der Waals surface area contributed by atoms with Crippen molar-refractivity contribution in [2.45, 2.75) is 18.6 Å². The van der Waals surface area contributed by atoms with Crippen molar-refractivity contribution in [2.75, 3.05) is 13.3 Å². The number of nitrogens with two attached hydrogens (primary N) is 1. The summed E-state index contributed by atoms with van der Waals surface area (Å²) in [5.41, 5.74) is 4.78. The number of amides is 2. The molecule has 4 N–H and O–H groups in total. The molecule has 0 radical (unpaired) electrons. The first-order chi connectivity index (χ1) is 14.4. The van der Waals surface area contributed by atoms with Gasteiger partial charge in [-0.1, -0.05) is 6.07 Å². The molecule has 1 atom stereocenters. The van der Waals surface area contributed by atoms with Crippen LogP contribution in [0, 0.1) is 0 Å². The van der Waals surface area contributed by atoms with Crippen molar-refractivity contribution in [1.29, 1.82) is 0 Å². The van der Waals surface area contributed by atoms with E-state index in [-0.39, 0.29) is 12.3 Å². The third-order valence-electron chi connectivity index (χ3n) is 4.75. The average molecular weight is 415 g/mol. The molecule has 1 aromatic carbocycles. The van der Waals surface area contributed by atoms with Crippen molar-refractivity contribution in [3.05, 3.63) is 54.0 Å². The lowest BCUT2D eigenvalue weighted by Crippen LogP contribution is -2.60. The molecule has 30 heavy (non-hydrogen) atoms. The first-order valence-electron chi connectivity index (χ1n) is 9.19. The zero-order chi connectivity index (χ0) is 21.7. The van der Waals surface area contributed by atoms with Gasteiger partial charge in [-0.2, -0.15) is 5.10 Å². The van der Waals surface area contributed by atoms with Crippen LogP contribution in [0.5, 0.6) is 5.75 Å². The SMILES string of the molecule is Cn1nc2ccc(OCc3ccccn3)cc2c1C(=O)NC(CO)(CCF)C(N)=O. The number of hydrogen-bond acceptors (Lipinski definition) is 6. The number of aliphatic hydroxyl groups excluding tert-OH is 1. The predicted molar refractivity (Wildman–Crippen MR) is 106 cm³/mol. The molecule has 3 aromatic rings. The highest BCUT2D eigenvalue weighted by Crippen LogP contribution is 2.25. The topological polar surface area (TPSA) is 132 Å². The van der Waals surface area contributed by atoms with Gasteiger partial charge in [0.2, 0.25) is 5.91 Å². The van der Waals surface area contributed by atoms with Gasteiger partial charge in [0.25, 0.3) is 5.91 Å². The van der Waals surface area contributed by atoms with E-state index in [1.54, 1.807) is 37.5 Å². The number of aromatic nitrogens is 3. The summed E-state index contributed by atoms with van der Waals surface area (Å²) < 4.78 is 20.0. The van der Waals surface area contributed by atoms with Crippen LogP contribution in [0.25, 0.3) is 10.9 Å². The van der Waals surface area contributed by atoms with Crippen LogP contribution < -0.4 is 15.8 Å². The first kappa shape index (κ1) is 21.2. The maximum Gasteiger partial charge on any atom is 0.271 e. The standard InChI is InChI=1S/C20H22FN5O4/c1-26-17(18(28)24-20(12-27,7-8-21)19(22)29)15-10-14(5-6-16(15)25-26)30-11-13-4-2-3-9-23-13/h2-6,9-10,27H,7-8,11-12H2,1H3,(H2,22,29)(H,24,28). The molecule has 0 saturated carbocycles. The summed E-state index contributed by atoms with van der Waals surface area (Å²) in [6.45, 7) is -1.53. The Morgan fingerprint density at radius 3 is 2.77 bits per heavy atom. The van der Waals surface area contributed by atoms with Gasteiger partial charge in [-0.3, -0.25) is 23.6 Å². The lowest BCUT2D eigenvalue weighted by molar-refractivity contribution is -0.126. The van der Waals surface area contributed by atoms with Crippen LogP contribution in [0.3, 0.4) is 0 Å². The molecule has 10 heteroatoms. The second-order valence-corrected chi connectivity index (χ2v) is 6.76. The molecule has 0 aliphatic heterocycles. The van der Waals surface area contributed by atoms with Crippen LogP contribution in [-0.4, -0.2) is 50.5 Å². The number of nitrogens with zero attached hydrogens (tertiary/aromatic N) is 3. The summed E-state index contributed by atoms with van der Waals surface area (Å²) in [7, 11) is 1.56. The van der Waals surface area contributed by atoms with E-state index < -0.39 is 37.1 Å². The summed E-state index contributed by atoms with van der Waals surface area (Å²) in [4.78, 5) is 28.9. The number of carbonyl (C=O) groups excluding carboxylic acids is 2. The van der Waals surface area contributed by atoms with E-state index in [0.717, 1.165) is 5.69 Å². The van der Waals surface area contributed by atoms with Gasteiger partial charge >= 0.3 is 0 Å². The molecular weight excluding hydrogens is 393 g/mol. The first-order valence-corrected chi connectivity index (χ1v) is 9.19. The van der Waals surface area contributed by atoms with E-state index in [9.17, 15) is 19.1 Å². The van der Waals surface area contributed by atoms with E-state index in [1.807, 2.05) is 12.1 Å². The van der Waals surface area contributed by atoms with E-state index >= 15 is 0 Å². The van der Waals surface area contributed by atoms with Crippen LogP contribution in [-0.2, 0) is 18.4 Å². The Labute approximate surface area is 171 Å². The highest BCUT2D eigenvalue weighted by atomic mass is 19.1. The van der Waals surface area contributed by atoms with Crippen LogP contribution in [0.2, 0.25) is 0 Å². The van der Waals surface area contributed by atoms with Crippen molar-refractivity contribution < 1.29 is 23.8 Å². The van der Waals surface area contributed by atoms with Crippen LogP contribution in [0.4, 0.5) is 4.39 Å². The summed E-state index contributed by atoms with van der Waals surface area (Å²) in [6.07, 6.45) is 1.22. The number of rotatable bonds is 9. The van der Waals surface area contributed by atoms with Gasteiger partial charge in [0.05, 0.1) is 24.5 Å². The molecule has 0 aliphatic carbocycles. The lowest BCUT2D eigenvalue weighted by Gasteiger charge is -2.28. The second-order valence-electron chi connectivity index (χ2n) is 6.76. The van der Waals surface area contributed by atoms with Crippen molar-refractivity contribution >= 4 is 22.7 Å². The number of aliphatic hydroxyl groups is 1. The average Bonchev–Trinajstić information content (AvgIpc) is 3.07. The molecule has 2 heterocycles. The summed E-state index contributed by atoms with van der Waals surface area (Å²) in [5, 5.41) is 16.7. The van der Waals surface area contributed by atoms with E-state index in [1.165, 1.54) is 4.68 Å². The molecule has 0 spiro atoms. The highest BCUT2D eigenvalue weighted by molar-refractivity contribution is 6.07. The minimum absolute atomic E-state index is 0.117. The maximum atomic E-state index is 12.9. The van der Waals surface area contributed by atoms with E-state index in [2.05, 4.69) is 15.4 Å². The minimum atomic E-state index is -1.91. The molecule has 2 amide bonds. The predicted octanol–water partition coefficient (Wildman–Crippen LogP) is 0.853. The molecule has 9 nitrogen and oxygen atoms in total. The molecule has 0 aliphatic rings. The fourth-order valence-electron chi connectivity index (χ4n) is 3.06. The van der Waals surface area contributed by atoms with Crippen LogP contribution in [0.15, 0.2) is 42.6 Å². The molecule has 2 aromatic heterocycles. The van der Waals surface area contributed by atoms with Crippen molar-refractivity contribution in [1.82, 2.24) is 20.1 Å². The fraction of sp³-hybridized carbons (Fsp3) is 0.300. The summed E-state index contributed by atoms with van der Waals surface area (Å²) >= 11 is 0. The molecular formula is C20H22FN5O4. The Bertz CT molecular complexity index is 1060. The number of halogens is 1. The summed E-state index contributed by atoms with van der Waals surface area (Å²) in [6, 6.07) is 10.5. The Kier molecular flexibility index (Phi) is 6.26. The smallest absolute Gasteiger partial charge is 0.271 e. The van der Waals surface area contributed by atoms with Gasteiger partial charge < -0.3 is 20.9 Å². The number of alkyl halides is 1. The zero-order valence-corrected chi connectivity index (χ0v) is 16.3. The number of ether oxygens (including phenoxy) is 1. The Morgan fingerprint density at radius 2 is 2.13 bits per heavy atom. The highest BCUT2D eigenvalue weighted by Gasteiger charge is 2.38. The number of carbonyl (C=O) groups is 2. The molecule has 0 saturated heterocycles. The second kappa shape index (κ2) is 8.87. The normalized spacial score (nSPS) is 13.0. The van der Waals surface area contributed by atoms with Gasteiger partial charge in [0, 0.05) is 25.1 Å². The molecule has 0 bridgehead atoms. The van der Waals surface area contributed by atoms with E-state index in [4.69, 9.17) is 10.5 Å². The number of aryl methyl sites for hydroxylation is 1. The molecule has 0 fully saturated rings. The van der Waals surface area contributed by atoms with Crippen LogP contribution >= 0.6 is 0 Å². The number of pyridine rings is 1. The van der Waals surface area contributed by atoms with Crippen molar-refractivity contribution in [3.8, 4) is 5.75 Å². The minimum Gasteiger partial charge on any atom is -0.487 e. The number of fused-ring (bicyclic) bond motifs is 1. The molecule has 3 rings (SSSR count). The number of benzene rings is 1. The maximum absolute atomic E-state index is 12.9. The number of hydrogen-bond donors (Lipinski definition) is 3. The third-order valence-corrected chi connectivity index (χ3v) is 4.75. The van der Waals surface area contributed by atoms with Gasteiger partial charge in [-0.15, -0.1) is 0 Å². The van der Waals surface area contributed by atoms with Crippen molar-refractivity contribution in [3.63, 3.8) is 0 Å². The number of nitrogens with one attached hydrogen (secondary N) is 1. The van der Waals surface area contributed by atoms with Crippen LogP contribution in [0.1, 0.15) is 22.6 Å². The van der Waals surface area contributed by atoms with Gasteiger partial charge in [0.15, 0.2) is 0 Å². The van der Waals surface area contributed by atoms with Gasteiger partial charge in [0.1, 0.15) is 23.6 Å². The number of primary amides is 1. The molecule has 158 valence electrons. The molecule has 1 unspecified atom stereocenters. The fourth-order valence-corrected chi connectivity index (χ4v) is 3.06. The third kappa shape index (κ3) is 4.23. The monoisotopic (exact) mass is 415 g/mol. The Balaban J connectivity index is 1.90. The van der Waals surface area contributed by atoms with Gasteiger partial charge in [-0.25, -0.2) is 0 Å². The quantitative estimate of drug-likeness (QED) is 0.475. The Hall–Kier alpha value is -3.53.